The summed E-state index contributed by atoms with van der Waals surface area (Å²) in [7, 11) is 0. The highest BCUT2D eigenvalue weighted by Gasteiger charge is 2.19. The molecule has 0 bridgehead atoms. The lowest BCUT2D eigenvalue weighted by atomic mass is 9.98. The second-order valence-electron chi connectivity index (χ2n) is 10.3. The Morgan fingerprint density at radius 3 is 1.93 bits per heavy atom. The number of benzene rings is 5. The molecule has 5 aromatic carbocycles. The highest BCUT2D eigenvalue weighted by molar-refractivity contribution is 5.99. The highest BCUT2D eigenvalue weighted by Crippen LogP contribution is 2.29. The van der Waals surface area contributed by atoms with Crippen molar-refractivity contribution < 1.29 is 4.79 Å². The molecule has 196 valence electrons. The summed E-state index contributed by atoms with van der Waals surface area (Å²) in [5.41, 5.74) is 10.0. The van der Waals surface area contributed by atoms with Crippen LogP contribution in [0.1, 0.15) is 44.3 Å². The van der Waals surface area contributed by atoms with Crippen LogP contribution in [0.2, 0.25) is 0 Å². The van der Waals surface area contributed by atoms with Gasteiger partial charge < -0.3 is 9.88 Å². The Balaban J connectivity index is 1.30. The predicted molar refractivity (Wildman–Crippen MR) is 165 cm³/mol. The van der Waals surface area contributed by atoms with Gasteiger partial charge in [0, 0.05) is 28.7 Å². The largest absolute Gasteiger partial charge is 0.341 e. The van der Waals surface area contributed by atoms with E-state index < -0.39 is 0 Å². The lowest BCUT2D eigenvalue weighted by Crippen LogP contribution is -2.29. The minimum atomic E-state index is -0.227. The van der Waals surface area contributed by atoms with Gasteiger partial charge in [0.15, 0.2) is 0 Å². The number of hydrogen-bond donors (Lipinski definition) is 1. The number of rotatable bonds is 7. The summed E-state index contributed by atoms with van der Waals surface area (Å²) in [4.78, 5) is 13.6. The van der Waals surface area contributed by atoms with Gasteiger partial charge in [0.25, 0.3) is 5.91 Å². The van der Waals surface area contributed by atoms with Crippen LogP contribution in [-0.2, 0) is 6.54 Å². The van der Waals surface area contributed by atoms with Crippen LogP contribution in [0.5, 0.6) is 0 Å². The molecular weight excluding hydrogens is 488 g/mol. The number of carbonyl (C=O) groups excluding carboxylic acids is 1. The van der Waals surface area contributed by atoms with E-state index in [1.165, 1.54) is 27.9 Å². The molecule has 40 heavy (non-hydrogen) atoms. The van der Waals surface area contributed by atoms with E-state index in [0.717, 1.165) is 28.6 Å². The Hall–Kier alpha value is -4.89. The van der Waals surface area contributed by atoms with Crippen LogP contribution in [0.15, 0.2) is 133 Å². The molecule has 0 aliphatic heterocycles. The van der Waals surface area contributed by atoms with Crippen LogP contribution < -0.4 is 5.32 Å². The van der Waals surface area contributed by atoms with Crippen molar-refractivity contribution in [2.45, 2.75) is 26.4 Å². The third-order valence-corrected chi connectivity index (χ3v) is 7.82. The maximum Gasteiger partial charge on any atom is 0.252 e. The van der Waals surface area contributed by atoms with E-state index in [1.54, 1.807) is 0 Å². The van der Waals surface area contributed by atoms with Crippen LogP contribution >= 0.6 is 0 Å². The number of aromatic nitrogens is 1. The zero-order chi connectivity index (χ0) is 27.5. The fraction of sp³-hybridized carbons (Fsp3) is 0.108. The minimum absolute atomic E-state index is 0.0834. The van der Waals surface area contributed by atoms with Gasteiger partial charge in [-0.15, -0.1) is 0 Å². The molecule has 0 aliphatic carbocycles. The first-order valence-electron chi connectivity index (χ1n) is 13.7. The molecule has 3 nitrogen and oxygen atoms in total. The number of nitrogens with one attached hydrogen (secondary N) is 1. The van der Waals surface area contributed by atoms with Gasteiger partial charge in [0.1, 0.15) is 0 Å². The monoisotopic (exact) mass is 520 g/mol. The zero-order valence-corrected chi connectivity index (χ0v) is 22.8. The summed E-state index contributed by atoms with van der Waals surface area (Å²) in [6.07, 6.45) is 0. The second kappa shape index (κ2) is 11.1. The Bertz CT molecular complexity index is 1730. The van der Waals surface area contributed by atoms with E-state index in [1.807, 2.05) is 54.6 Å². The smallest absolute Gasteiger partial charge is 0.252 e. The van der Waals surface area contributed by atoms with Crippen molar-refractivity contribution >= 4 is 16.8 Å². The maximum atomic E-state index is 13.6. The fourth-order valence-corrected chi connectivity index (χ4v) is 5.52. The molecule has 0 fully saturated rings. The second-order valence-corrected chi connectivity index (χ2v) is 10.3. The van der Waals surface area contributed by atoms with Crippen molar-refractivity contribution in [2.24, 2.45) is 0 Å². The molecule has 1 amide bonds. The first-order chi connectivity index (χ1) is 19.6. The van der Waals surface area contributed by atoms with Crippen molar-refractivity contribution in [3.05, 3.63) is 167 Å². The zero-order valence-electron chi connectivity index (χ0n) is 22.8. The summed E-state index contributed by atoms with van der Waals surface area (Å²) in [5, 5.41) is 4.40. The van der Waals surface area contributed by atoms with Crippen LogP contribution in [-0.4, -0.2) is 10.5 Å². The predicted octanol–water partition coefficient (Wildman–Crippen LogP) is 8.49. The van der Waals surface area contributed by atoms with E-state index in [-0.39, 0.29) is 11.9 Å². The molecule has 0 saturated heterocycles. The third kappa shape index (κ3) is 5.06. The molecule has 0 spiro atoms. The lowest BCUT2D eigenvalue weighted by Gasteiger charge is -2.20. The van der Waals surface area contributed by atoms with Gasteiger partial charge in [-0.05, 0) is 71.5 Å². The Kier molecular flexibility index (Phi) is 7.03. The van der Waals surface area contributed by atoms with Crippen molar-refractivity contribution in [1.29, 1.82) is 0 Å². The third-order valence-electron chi connectivity index (χ3n) is 7.82. The van der Waals surface area contributed by atoms with Crippen LogP contribution in [0.3, 0.4) is 0 Å². The molecule has 0 atom stereocenters. The number of fused-ring (bicyclic) bond motifs is 1. The normalized spacial score (nSPS) is 11.2. The van der Waals surface area contributed by atoms with Crippen LogP contribution in [0.25, 0.3) is 22.0 Å². The molecule has 6 rings (SSSR count). The van der Waals surface area contributed by atoms with Gasteiger partial charge in [-0.25, -0.2) is 0 Å². The topological polar surface area (TPSA) is 34.0 Å². The van der Waals surface area contributed by atoms with Gasteiger partial charge in [-0.1, -0.05) is 109 Å². The number of nitrogens with zero attached hydrogens (tertiary/aromatic N) is 1. The number of carbonyl (C=O) groups is 1. The van der Waals surface area contributed by atoms with Gasteiger partial charge in [-0.3, -0.25) is 4.79 Å². The molecule has 1 aromatic heterocycles. The molecular formula is C37H32N2O. The van der Waals surface area contributed by atoms with E-state index in [0.29, 0.717) is 5.56 Å². The van der Waals surface area contributed by atoms with Crippen molar-refractivity contribution in [3.63, 3.8) is 0 Å². The standard InChI is InChI=1S/C37H32N2O/c1-26-27(2)39(25-28-13-12-20-32(23-28)29-14-6-3-7-15-29)35-22-21-33(24-34(26)35)37(40)38-36(30-16-8-4-9-17-30)31-18-10-5-11-19-31/h3-24,36H,25H2,1-2H3,(H,38,40). The fourth-order valence-electron chi connectivity index (χ4n) is 5.52. The van der Waals surface area contributed by atoms with Crippen molar-refractivity contribution in [2.75, 3.05) is 0 Å². The summed E-state index contributed by atoms with van der Waals surface area (Å²) in [6, 6.07) is 45.3. The summed E-state index contributed by atoms with van der Waals surface area (Å²) >= 11 is 0. The number of aryl methyl sites for hydroxylation is 1. The first kappa shape index (κ1) is 25.4. The molecule has 1 N–H and O–H groups in total. The van der Waals surface area contributed by atoms with Gasteiger partial charge >= 0.3 is 0 Å². The Morgan fingerprint density at radius 1 is 0.675 bits per heavy atom. The molecule has 0 saturated carbocycles. The van der Waals surface area contributed by atoms with E-state index >= 15 is 0 Å². The average Bonchev–Trinajstić information content (AvgIpc) is 3.25. The molecule has 0 unspecified atom stereocenters. The number of hydrogen-bond acceptors (Lipinski definition) is 1. The van der Waals surface area contributed by atoms with Gasteiger partial charge in [0.2, 0.25) is 0 Å². The van der Waals surface area contributed by atoms with Gasteiger partial charge in [0.05, 0.1) is 6.04 Å². The Morgan fingerprint density at radius 2 is 1.27 bits per heavy atom. The molecule has 1 heterocycles. The highest BCUT2D eigenvalue weighted by atomic mass is 16.1. The molecule has 6 aromatic rings. The van der Waals surface area contributed by atoms with Crippen LogP contribution in [0.4, 0.5) is 0 Å². The molecule has 0 radical (unpaired) electrons. The van der Waals surface area contributed by atoms with Crippen molar-refractivity contribution in [3.8, 4) is 11.1 Å². The maximum absolute atomic E-state index is 13.6. The lowest BCUT2D eigenvalue weighted by molar-refractivity contribution is 0.0943. The quantitative estimate of drug-likeness (QED) is 0.225. The molecule has 3 heteroatoms. The minimum Gasteiger partial charge on any atom is -0.341 e. The van der Waals surface area contributed by atoms with E-state index in [2.05, 4.69) is 103 Å². The Labute approximate surface area is 235 Å². The van der Waals surface area contributed by atoms with Crippen molar-refractivity contribution in [1.82, 2.24) is 9.88 Å². The van der Waals surface area contributed by atoms with E-state index in [9.17, 15) is 4.79 Å². The van der Waals surface area contributed by atoms with Gasteiger partial charge in [-0.2, -0.15) is 0 Å². The van der Waals surface area contributed by atoms with Crippen LogP contribution in [0, 0.1) is 13.8 Å². The average molecular weight is 521 g/mol. The summed E-state index contributed by atoms with van der Waals surface area (Å²) in [6.45, 7) is 5.08. The summed E-state index contributed by atoms with van der Waals surface area (Å²) < 4.78 is 2.35. The first-order valence-corrected chi connectivity index (χ1v) is 13.7. The SMILES string of the molecule is Cc1c(C)n(Cc2cccc(-c3ccccc3)c2)c2ccc(C(=O)NC(c3ccccc3)c3ccccc3)cc12. The number of amides is 1. The summed E-state index contributed by atoms with van der Waals surface area (Å²) in [5.74, 6) is -0.0834. The van der Waals surface area contributed by atoms with E-state index in [4.69, 9.17) is 0 Å². The molecule has 0 aliphatic rings.